The Morgan fingerprint density at radius 2 is 1.72 bits per heavy atom. The van der Waals surface area contributed by atoms with E-state index in [-0.39, 0.29) is 30.7 Å². The number of rotatable bonds is 13. The average molecular weight is 637 g/mol. The number of benzene rings is 2. The largest absolute Gasteiger partial charge is 0.394 e. The van der Waals surface area contributed by atoms with E-state index in [2.05, 4.69) is 24.1 Å². The summed E-state index contributed by atoms with van der Waals surface area (Å²) in [5.74, 6) is -0.673. The molecule has 3 amide bonds. The lowest BCUT2D eigenvalue weighted by Crippen LogP contribution is -2.46. The molecule has 10 heteroatoms. The highest BCUT2D eigenvalue weighted by Crippen LogP contribution is 2.29. The first-order valence-corrected chi connectivity index (χ1v) is 16.5. The summed E-state index contributed by atoms with van der Waals surface area (Å²) in [5.41, 5.74) is 5.17. The van der Waals surface area contributed by atoms with Crippen molar-refractivity contribution in [3.05, 3.63) is 107 Å². The van der Waals surface area contributed by atoms with Crippen molar-refractivity contribution in [2.75, 3.05) is 25.0 Å². The van der Waals surface area contributed by atoms with Gasteiger partial charge in [0, 0.05) is 43.4 Å². The van der Waals surface area contributed by atoms with Crippen LogP contribution < -0.4 is 5.32 Å². The van der Waals surface area contributed by atoms with Crippen LogP contribution in [-0.4, -0.2) is 73.1 Å². The van der Waals surface area contributed by atoms with E-state index in [4.69, 9.17) is 5.10 Å². The number of nitrogens with zero attached hydrogens (tertiary/aromatic N) is 5. The molecule has 47 heavy (non-hydrogen) atoms. The molecule has 246 valence electrons. The van der Waals surface area contributed by atoms with Gasteiger partial charge >= 0.3 is 0 Å². The number of carbonyl (C=O) groups excluding carboxylic acids is 3. The van der Waals surface area contributed by atoms with Gasteiger partial charge in [0.15, 0.2) is 5.69 Å². The van der Waals surface area contributed by atoms with Gasteiger partial charge in [-0.3, -0.25) is 19.4 Å². The van der Waals surface area contributed by atoms with Gasteiger partial charge in [-0.2, -0.15) is 5.10 Å². The van der Waals surface area contributed by atoms with Crippen molar-refractivity contribution >= 4 is 23.4 Å². The maximum Gasteiger partial charge on any atom is 0.274 e. The quantitative estimate of drug-likeness (QED) is 0.204. The minimum Gasteiger partial charge on any atom is -0.394 e. The van der Waals surface area contributed by atoms with Crippen LogP contribution in [0.15, 0.2) is 73.1 Å². The van der Waals surface area contributed by atoms with E-state index in [1.807, 2.05) is 42.2 Å². The average Bonchev–Trinajstić information content (AvgIpc) is 3.48. The number of hydrogen-bond acceptors (Lipinski definition) is 6. The third kappa shape index (κ3) is 7.94. The fourth-order valence-corrected chi connectivity index (χ4v) is 6.00. The molecule has 0 saturated carbocycles. The highest BCUT2D eigenvalue weighted by Gasteiger charge is 2.32. The highest BCUT2D eigenvalue weighted by molar-refractivity contribution is 6.01. The van der Waals surface area contributed by atoms with Crippen molar-refractivity contribution in [1.82, 2.24) is 24.6 Å². The standard InChI is InChI=1S/C37H44N6O4/c1-4-6-17-41(18-7-5-2)37(47)33-19-26(3)43(40-33)34-15-14-30(39-35(45)20-27-11-10-16-38-23-27)22-32(34)36(46)42-24-29-13-9-8-12-28(29)21-31(42)25-44/h8-16,19,22-23,31,44H,4-7,17-18,20-21,24-25H2,1-3H3,(H,39,45). The Hall–Kier alpha value is -4.83. The molecule has 10 nitrogen and oxygen atoms in total. The molecule has 0 fully saturated rings. The summed E-state index contributed by atoms with van der Waals surface area (Å²) in [6.45, 7) is 7.54. The molecular formula is C37H44N6O4. The third-order valence-corrected chi connectivity index (χ3v) is 8.61. The summed E-state index contributed by atoms with van der Waals surface area (Å²) in [5, 5.41) is 18.0. The fraction of sp³-hybridized carbons (Fsp3) is 0.378. The molecule has 0 aliphatic carbocycles. The van der Waals surface area contributed by atoms with E-state index in [1.54, 1.807) is 52.3 Å². The van der Waals surface area contributed by atoms with Gasteiger partial charge in [0.2, 0.25) is 5.91 Å². The lowest BCUT2D eigenvalue weighted by atomic mass is 9.93. The molecule has 4 aromatic rings. The zero-order chi connectivity index (χ0) is 33.3. The third-order valence-electron chi connectivity index (χ3n) is 8.61. The Bertz CT molecular complexity index is 1690. The molecule has 0 bridgehead atoms. The van der Waals surface area contributed by atoms with Crippen LogP contribution in [0.5, 0.6) is 0 Å². The van der Waals surface area contributed by atoms with Gasteiger partial charge in [-0.25, -0.2) is 4.68 Å². The Kier molecular flexibility index (Phi) is 11.2. The second-order valence-electron chi connectivity index (χ2n) is 12.1. The molecule has 1 atom stereocenters. The first-order valence-electron chi connectivity index (χ1n) is 16.5. The number of unbranched alkanes of at least 4 members (excludes halogenated alkanes) is 2. The maximum absolute atomic E-state index is 14.5. The zero-order valence-electron chi connectivity index (χ0n) is 27.5. The van der Waals surface area contributed by atoms with Crippen LogP contribution in [0.1, 0.15) is 82.8 Å². The minimum atomic E-state index is -0.421. The van der Waals surface area contributed by atoms with Crippen molar-refractivity contribution in [2.24, 2.45) is 0 Å². The number of carbonyl (C=O) groups is 3. The smallest absolute Gasteiger partial charge is 0.274 e. The first kappa shape index (κ1) is 33.5. The number of nitrogens with one attached hydrogen (secondary N) is 1. The summed E-state index contributed by atoms with van der Waals surface area (Å²) in [6, 6.07) is 18.0. The normalized spacial score (nSPS) is 14.0. The Labute approximate surface area is 276 Å². The number of fused-ring (bicyclic) bond motifs is 1. The topological polar surface area (TPSA) is 121 Å². The van der Waals surface area contributed by atoms with E-state index >= 15 is 0 Å². The van der Waals surface area contributed by atoms with Crippen LogP contribution in [0, 0.1) is 6.92 Å². The SMILES string of the molecule is CCCCN(CCCC)C(=O)c1cc(C)n(-c2ccc(NC(=O)Cc3cccnc3)cc2C(=O)N2Cc3ccccc3CC2CO)n1. The van der Waals surface area contributed by atoms with Crippen molar-refractivity contribution in [2.45, 2.75) is 71.9 Å². The van der Waals surface area contributed by atoms with E-state index in [1.165, 1.54) is 0 Å². The zero-order valence-corrected chi connectivity index (χ0v) is 27.5. The van der Waals surface area contributed by atoms with Gasteiger partial charge in [-0.1, -0.05) is 57.0 Å². The number of anilines is 1. The van der Waals surface area contributed by atoms with Crippen molar-refractivity contribution in [3.63, 3.8) is 0 Å². The number of hydrogen-bond donors (Lipinski definition) is 2. The Balaban J connectivity index is 1.51. The highest BCUT2D eigenvalue weighted by atomic mass is 16.3. The molecule has 1 aliphatic heterocycles. The van der Waals surface area contributed by atoms with Crippen molar-refractivity contribution < 1.29 is 19.5 Å². The number of amides is 3. The van der Waals surface area contributed by atoms with Crippen molar-refractivity contribution in [3.8, 4) is 5.69 Å². The molecular weight excluding hydrogens is 592 g/mol. The van der Waals surface area contributed by atoms with E-state index in [9.17, 15) is 19.5 Å². The molecule has 1 unspecified atom stereocenters. The summed E-state index contributed by atoms with van der Waals surface area (Å²) >= 11 is 0. The Morgan fingerprint density at radius 1 is 0.979 bits per heavy atom. The number of aryl methyl sites for hydroxylation is 1. The Morgan fingerprint density at radius 3 is 2.40 bits per heavy atom. The molecule has 2 aromatic heterocycles. The molecule has 0 saturated heterocycles. The predicted molar refractivity (Wildman–Crippen MR) is 181 cm³/mol. The molecule has 2 aromatic carbocycles. The number of aliphatic hydroxyl groups excluding tert-OH is 1. The number of aliphatic hydroxyl groups is 1. The summed E-state index contributed by atoms with van der Waals surface area (Å²) in [4.78, 5) is 48.7. The van der Waals surface area contributed by atoms with Crippen LogP contribution >= 0.6 is 0 Å². The van der Waals surface area contributed by atoms with Crippen LogP contribution in [0.4, 0.5) is 5.69 Å². The predicted octanol–water partition coefficient (Wildman–Crippen LogP) is 5.36. The minimum absolute atomic E-state index is 0.130. The summed E-state index contributed by atoms with van der Waals surface area (Å²) in [6.07, 6.45) is 7.74. The van der Waals surface area contributed by atoms with Gasteiger partial charge in [0.25, 0.3) is 11.8 Å². The molecule has 5 rings (SSSR count). The second-order valence-corrected chi connectivity index (χ2v) is 12.1. The van der Waals surface area contributed by atoms with Gasteiger partial charge in [-0.15, -0.1) is 0 Å². The lowest BCUT2D eigenvalue weighted by molar-refractivity contribution is -0.115. The number of aromatic nitrogens is 3. The molecule has 0 radical (unpaired) electrons. The van der Waals surface area contributed by atoms with Crippen LogP contribution in [0.25, 0.3) is 5.69 Å². The molecule has 3 heterocycles. The van der Waals surface area contributed by atoms with Gasteiger partial charge in [-0.05, 0) is 73.2 Å². The van der Waals surface area contributed by atoms with Crippen LogP contribution in [0.2, 0.25) is 0 Å². The van der Waals surface area contributed by atoms with Crippen molar-refractivity contribution in [1.29, 1.82) is 0 Å². The van der Waals surface area contributed by atoms with Gasteiger partial charge in [0.05, 0.1) is 30.3 Å². The first-order chi connectivity index (χ1) is 22.8. The van der Waals surface area contributed by atoms with E-state index in [0.717, 1.165) is 42.4 Å². The summed E-state index contributed by atoms with van der Waals surface area (Å²) in [7, 11) is 0. The van der Waals surface area contributed by atoms with Gasteiger partial charge < -0.3 is 20.2 Å². The number of pyridine rings is 1. The molecule has 2 N–H and O–H groups in total. The molecule has 0 spiro atoms. The molecule has 1 aliphatic rings. The van der Waals surface area contributed by atoms with Crippen LogP contribution in [0.3, 0.4) is 0 Å². The fourth-order valence-electron chi connectivity index (χ4n) is 6.00. The second kappa shape index (κ2) is 15.6. The van der Waals surface area contributed by atoms with Crippen LogP contribution in [-0.2, 0) is 24.2 Å². The van der Waals surface area contributed by atoms with E-state index < -0.39 is 6.04 Å². The lowest BCUT2D eigenvalue weighted by Gasteiger charge is -2.36. The van der Waals surface area contributed by atoms with E-state index in [0.29, 0.717) is 54.4 Å². The monoisotopic (exact) mass is 636 g/mol. The maximum atomic E-state index is 14.5. The summed E-state index contributed by atoms with van der Waals surface area (Å²) < 4.78 is 1.63. The van der Waals surface area contributed by atoms with Gasteiger partial charge in [0.1, 0.15) is 0 Å².